The van der Waals surface area contributed by atoms with E-state index in [0.29, 0.717) is 0 Å². The van der Waals surface area contributed by atoms with E-state index in [-0.39, 0.29) is 28.5 Å². The van der Waals surface area contributed by atoms with Crippen molar-refractivity contribution < 1.29 is 0 Å². The zero-order valence-electron chi connectivity index (χ0n) is 32.9. The van der Waals surface area contributed by atoms with E-state index in [9.17, 15) is 0 Å². The summed E-state index contributed by atoms with van der Waals surface area (Å²) in [5, 5.41) is 2.75. The van der Waals surface area contributed by atoms with E-state index < -0.39 is 0 Å². The smallest absolute Gasteiger partial charge is 0.254 e. The highest BCUT2D eigenvalue weighted by atomic mass is 32.1. The van der Waals surface area contributed by atoms with E-state index in [1.54, 1.807) is 5.56 Å². The number of benzene rings is 5. The summed E-state index contributed by atoms with van der Waals surface area (Å²) >= 11 is 1.97. The SMILES string of the molecule is Cc1cc2c3c(c1)N1c4c(cc(C(C)(C)C)cc4C4(C)CCCCC14C)B3c1c(sc3ccccc13)N2c1ccc(C(C)(C)C)cc1-c1ccccc1. The van der Waals surface area contributed by atoms with E-state index in [2.05, 4.69) is 169 Å². The van der Waals surface area contributed by atoms with Crippen LogP contribution in [0, 0.1) is 6.92 Å². The molecule has 1 aliphatic carbocycles. The van der Waals surface area contributed by atoms with Gasteiger partial charge < -0.3 is 9.80 Å². The van der Waals surface area contributed by atoms with Crippen LogP contribution in [0.4, 0.5) is 27.8 Å². The van der Waals surface area contributed by atoms with Crippen LogP contribution >= 0.6 is 11.3 Å². The molecule has 1 fully saturated rings. The molecule has 6 aromatic rings. The number of aryl methyl sites for hydroxylation is 1. The molecular formula is C49H51BN2S. The minimum absolute atomic E-state index is 0.00322. The summed E-state index contributed by atoms with van der Waals surface area (Å²) in [4.78, 5) is 5.55. The predicted molar refractivity (Wildman–Crippen MR) is 232 cm³/mol. The van der Waals surface area contributed by atoms with Gasteiger partial charge in [-0.2, -0.15) is 0 Å². The summed E-state index contributed by atoms with van der Waals surface area (Å²) in [6.07, 6.45) is 5.02. The van der Waals surface area contributed by atoms with Crippen LogP contribution in [-0.2, 0) is 16.2 Å². The Balaban J connectivity index is 1.35. The minimum atomic E-state index is -0.00322. The summed E-state index contributed by atoms with van der Waals surface area (Å²) < 4.78 is 1.36. The fourth-order valence-electron chi connectivity index (χ4n) is 10.7. The second-order valence-electron chi connectivity index (χ2n) is 19.0. The highest BCUT2D eigenvalue weighted by molar-refractivity contribution is 7.26. The van der Waals surface area contributed by atoms with Crippen molar-refractivity contribution in [1.29, 1.82) is 0 Å². The largest absolute Gasteiger partial charge is 0.335 e. The third kappa shape index (κ3) is 4.45. The molecule has 4 heteroatoms. The monoisotopic (exact) mass is 710 g/mol. The third-order valence-electron chi connectivity index (χ3n) is 13.8. The molecule has 3 aliphatic heterocycles. The van der Waals surface area contributed by atoms with Gasteiger partial charge in [0.05, 0.1) is 16.2 Å². The first-order chi connectivity index (χ1) is 25.2. The molecule has 0 amide bonds. The van der Waals surface area contributed by atoms with Crippen LogP contribution in [0.2, 0.25) is 0 Å². The average Bonchev–Trinajstić information content (AvgIpc) is 3.60. The van der Waals surface area contributed by atoms with Gasteiger partial charge in [0.25, 0.3) is 6.71 Å². The van der Waals surface area contributed by atoms with Gasteiger partial charge in [-0.25, -0.2) is 0 Å². The molecule has 53 heavy (non-hydrogen) atoms. The lowest BCUT2D eigenvalue weighted by Crippen LogP contribution is -2.64. The Hall–Kier alpha value is -4.28. The Morgan fingerprint density at radius 3 is 2.13 bits per heavy atom. The van der Waals surface area contributed by atoms with Gasteiger partial charge in [-0.05, 0) is 117 Å². The summed E-state index contributed by atoms with van der Waals surface area (Å²) in [6, 6.07) is 37.9. The maximum Gasteiger partial charge on any atom is 0.254 e. The lowest BCUT2D eigenvalue weighted by Gasteiger charge is -2.52. The molecule has 0 saturated heterocycles. The zero-order chi connectivity index (χ0) is 36.8. The maximum atomic E-state index is 2.88. The van der Waals surface area contributed by atoms with Gasteiger partial charge in [-0.1, -0.05) is 128 Å². The van der Waals surface area contributed by atoms with Crippen molar-refractivity contribution in [2.75, 3.05) is 9.80 Å². The Labute approximate surface area is 321 Å². The molecule has 2 nitrogen and oxygen atoms in total. The molecule has 2 unspecified atom stereocenters. The molecule has 1 aromatic heterocycles. The lowest BCUT2D eigenvalue weighted by atomic mass is 9.33. The van der Waals surface area contributed by atoms with Crippen LogP contribution in [0.25, 0.3) is 21.2 Å². The number of hydrogen-bond donors (Lipinski definition) is 0. The minimum Gasteiger partial charge on any atom is -0.335 e. The molecule has 0 spiro atoms. The van der Waals surface area contributed by atoms with Gasteiger partial charge in [0.1, 0.15) is 0 Å². The van der Waals surface area contributed by atoms with Crippen LogP contribution in [0.5, 0.6) is 0 Å². The summed E-state index contributed by atoms with van der Waals surface area (Å²) in [6.45, 7) is 21.9. The van der Waals surface area contributed by atoms with E-state index in [1.807, 2.05) is 11.3 Å². The first-order valence-electron chi connectivity index (χ1n) is 19.9. The number of fused-ring (bicyclic) bond motifs is 9. The van der Waals surface area contributed by atoms with Crippen molar-refractivity contribution in [2.45, 2.75) is 110 Å². The quantitative estimate of drug-likeness (QED) is 0.165. The van der Waals surface area contributed by atoms with Crippen molar-refractivity contribution in [3.05, 3.63) is 119 Å². The Kier molecular flexibility index (Phi) is 6.86. The van der Waals surface area contributed by atoms with Crippen molar-refractivity contribution in [3.63, 3.8) is 0 Å². The van der Waals surface area contributed by atoms with Gasteiger partial charge in [-0.3, -0.25) is 0 Å². The summed E-state index contributed by atoms with van der Waals surface area (Å²) in [7, 11) is 0. The Morgan fingerprint density at radius 1 is 0.679 bits per heavy atom. The summed E-state index contributed by atoms with van der Waals surface area (Å²) in [5.74, 6) is 0. The van der Waals surface area contributed by atoms with E-state index in [4.69, 9.17) is 0 Å². The molecule has 5 aromatic carbocycles. The number of rotatable bonds is 2. The molecule has 266 valence electrons. The molecule has 4 heterocycles. The highest BCUT2D eigenvalue weighted by Gasteiger charge is 2.61. The second kappa shape index (κ2) is 10.9. The molecule has 2 atom stereocenters. The Bertz CT molecular complexity index is 2500. The number of anilines is 5. The van der Waals surface area contributed by atoms with Gasteiger partial charge in [0.2, 0.25) is 0 Å². The van der Waals surface area contributed by atoms with Crippen LogP contribution in [0.3, 0.4) is 0 Å². The number of thiophene rings is 1. The third-order valence-corrected chi connectivity index (χ3v) is 14.9. The van der Waals surface area contributed by atoms with Crippen molar-refractivity contribution in [1.82, 2.24) is 0 Å². The van der Waals surface area contributed by atoms with E-state index >= 15 is 0 Å². The van der Waals surface area contributed by atoms with Crippen LogP contribution < -0.4 is 26.2 Å². The summed E-state index contributed by atoms with van der Waals surface area (Å²) in [5.41, 5.74) is 18.4. The van der Waals surface area contributed by atoms with Crippen molar-refractivity contribution in [2.24, 2.45) is 0 Å². The zero-order valence-corrected chi connectivity index (χ0v) is 33.8. The molecule has 0 N–H and O–H groups in total. The standard InChI is InChI=1S/C49H51BN2S/c1-30-25-39-43-40(26-30)52-44-36(48(8)23-15-16-24-49(48,52)9)28-33(47(5,6)7)29-37(44)50(43)42-34-19-13-14-20-41(34)53-45(42)51(39)38-22-21-32(46(2,3)4)27-35(38)31-17-11-10-12-18-31/h10-14,17-22,25-29H,15-16,23-24H2,1-9H3. The topological polar surface area (TPSA) is 6.48 Å². The van der Waals surface area contributed by atoms with E-state index in [0.717, 1.165) is 0 Å². The molecule has 0 bridgehead atoms. The number of nitrogens with zero attached hydrogens (tertiary/aromatic N) is 2. The van der Waals surface area contributed by atoms with Gasteiger partial charge in [0.15, 0.2) is 0 Å². The fourth-order valence-corrected chi connectivity index (χ4v) is 11.9. The predicted octanol–water partition coefficient (Wildman–Crippen LogP) is 11.8. The molecule has 10 rings (SSSR count). The molecule has 4 aliphatic rings. The van der Waals surface area contributed by atoms with Gasteiger partial charge in [-0.15, -0.1) is 11.3 Å². The van der Waals surface area contributed by atoms with Gasteiger partial charge in [0, 0.05) is 32.7 Å². The fraction of sp³-hybridized carbons (Fsp3) is 0.347. The lowest BCUT2D eigenvalue weighted by molar-refractivity contribution is 0.195. The Morgan fingerprint density at radius 2 is 1.38 bits per heavy atom. The first kappa shape index (κ1) is 33.3. The number of hydrogen-bond acceptors (Lipinski definition) is 3. The maximum absolute atomic E-state index is 2.88. The van der Waals surface area contributed by atoms with E-state index in [1.165, 1.54) is 108 Å². The van der Waals surface area contributed by atoms with Crippen molar-refractivity contribution >= 4 is 72.3 Å². The second-order valence-corrected chi connectivity index (χ2v) is 20.0. The highest BCUT2D eigenvalue weighted by Crippen LogP contribution is 2.62. The normalized spacial score (nSPS) is 21.4. The van der Waals surface area contributed by atoms with Gasteiger partial charge >= 0.3 is 0 Å². The van der Waals surface area contributed by atoms with Crippen LogP contribution in [-0.4, -0.2) is 12.3 Å². The van der Waals surface area contributed by atoms with Crippen LogP contribution in [0.15, 0.2) is 97.1 Å². The van der Waals surface area contributed by atoms with Crippen molar-refractivity contribution in [3.8, 4) is 11.1 Å². The molecule has 0 radical (unpaired) electrons. The van der Waals surface area contributed by atoms with Crippen LogP contribution in [0.1, 0.15) is 103 Å². The molecular weight excluding hydrogens is 659 g/mol. The molecule has 1 saturated carbocycles. The average molecular weight is 711 g/mol. The first-order valence-corrected chi connectivity index (χ1v) is 20.7.